The lowest BCUT2D eigenvalue weighted by molar-refractivity contribution is 0.0610. The number of anilines is 2. The highest BCUT2D eigenvalue weighted by atomic mass is 35.5. The molecule has 8 nitrogen and oxygen atoms in total. The molecule has 1 saturated carbocycles. The van der Waals surface area contributed by atoms with Crippen LogP contribution in [0.15, 0.2) is 18.5 Å². The fraction of sp³-hybridized carbons (Fsp3) is 0.444. The number of aromatic amines is 1. The highest BCUT2D eigenvalue weighted by Crippen LogP contribution is 2.48. The second kappa shape index (κ2) is 6.03. The lowest BCUT2D eigenvalue weighted by Crippen LogP contribution is -2.56. The van der Waals surface area contributed by atoms with Crippen LogP contribution in [-0.2, 0) is 0 Å². The number of nitrogens with one attached hydrogen (secondary N) is 1. The zero-order chi connectivity index (χ0) is 18.6. The lowest BCUT2D eigenvalue weighted by Gasteiger charge is -2.52. The minimum absolute atomic E-state index is 0.354. The van der Waals surface area contributed by atoms with Gasteiger partial charge in [0.05, 0.1) is 11.2 Å². The highest BCUT2D eigenvalue weighted by molar-refractivity contribution is 6.33. The Morgan fingerprint density at radius 2 is 2.00 bits per heavy atom. The van der Waals surface area contributed by atoms with Gasteiger partial charge >= 0.3 is 0 Å². The third-order valence-corrected chi connectivity index (χ3v) is 6.51. The van der Waals surface area contributed by atoms with Crippen molar-refractivity contribution in [3.8, 4) is 11.3 Å². The van der Waals surface area contributed by atoms with Crippen LogP contribution in [0, 0.1) is 5.41 Å². The van der Waals surface area contributed by atoms with Crippen molar-refractivity contribution >= 4 is 34.4 Å². The van der Waals surface area contributed by atoms with Crippen LogP contribution in [0.2, 0.25) is 5.02 Å². The number of halogens is 1. The molecule has 3 aromatic rings. The highest BCUT2D eigenvalue weighted by Gasteiger charge is 2.46. The van der Waals surface area contributed by atoms with E-state index in [1.165, 1.54) is 12.6 Å². The van der Waals surface area contributed by atoms with Crippen molar-refractivity contribution in [3.63, 3.8) is 0 Å². The number of hydrogen-bond donors (Lipinski definition) is 3. The molecule has 1 aliphatic heterocycles. The first-order chi connectivity index (χ1) is 13.1. The van der Waals surface area contributed by atoms with Crippen LogP contribution in [0.1, 0.15) is 25.7 Å². The SMILES string of the molecule is Nc1cc(-c2n[nH]c3nc(N4CCC5(CCC5N)CC4)cnc23)c(Cl)cn1. The van der Waals surface area contributed by atoms with Gasteiger partial charge in [0.15, 0.2) is 5.65 Å². The Labute approximate surface area is 161 Å². The molecular weight excluding hydrogens is 364 g/mol. The molecule has 0 aromatic carbocycles. The van der Waals surface area contributed by atoms with Crippen LogP contribution in [-0.4, -0.2) is 44.3 Å². The van der Waals surface area contributed by atoms with Gasteiger partial charge in [0.1, 0.15) is 22.8 Å². The molecule has 1 spiro atoms. The van der Waals surface area contributed by atoms with E-state index in [9.17, 15) is 0 Å². The van der Waals surface area contributed by atoms with Gasteiger partial charge < -0.3 is 16.4 Å². The van der Waals surface area contributed by atoms with Crippen LogP contribution in [0.5, 0.6) is 0 Å². The zero-order valence-electron chi connectivity index (χ0n) is 14.8. The van der Waals surface area contributed by atoms with E-state index in [0.717, 1.165) is 38.2 Å². The maximum Gasteiger partial charge on any atom is 0.177 e. The van der Waals surface area contributed by atoms with E-state index in [0.29, 0.717) is 44.7 Å². The van der Waals surface area contributed by atoms with Gasteiger partial charge in [-0.25, -0.2) is 15.0 Å². The third kappa shape index (κ3) is 2.62. The minimum Gasteiger partial charge on any atom is -0.384 e. The van der Waals surface area contributed by atoms with Gasteiger partial charge in [-0.1, -0.05) is 11.6 Å². The number of piperidine rings is 1. The summed E-state index contributed by atoms with van der Waals surface area (Å²) in [6.45, 7) is 1.92. The number of rotatable bonds is 2. The van der Waals surface area contributed by atoms with Gasteiger partial charge in [-0.3, -0.25) is 5.10 Å². The molecule has 2 fully saturated rings. The number of fused-ring (bicyclic) bond motifs is 1. The number of nitrogen functional groups attached to an aromatic ring is 1. The van der Waals surface area contributed by atoms with E-state index in [1.54, 1.807) is 12.3 Å². The van der Waals surface area contributed by atoms with Crippen molar-refractivity contribution in [2.75, 3.05) is 23.7 Å². The second-order valence-electron chi connectivity index (χ2n) is 7.58. The first-order valence-corrected chi connectivity index (χ1v) is 9.57. The fourth-order valence-corrected chi connectivity index (χ4v) is 4.48. The molecule has 0 radical (unpaired) electrons. The molecule has 1 aliphatic carbocycles. The van der Waals surface area contributed by atoms with Gasteiger partial charge in [-0.2, -0.15) is 5.10 Å². The molecule has 1 unspecified atom stereocenters. The molecular formula is C18H21ClN8. The van der Waals surface area contributed by atoms with Crippen molar-refractivity contribution < 1.29 is 0 Å². The molecule has 5 rings (SSSR count). The normalized spacial score (nSPS) is 21.6. The van der Waals surface area contributed by atoms with Crippen molar-refractivity contribution in [3.05, 3.63) is 23.5 Å². The van der Waals surface area contributed by atoms with E-state index in [1.807, 2.05) is 0 Å². The van der Waals surface area contributed by atoms with Gasteiger partial charge in [-0.05, 0) is 37.2 Å². The summed E-state index contributed by atoms with van der Waals surface area (Å²) in [5, 5.41) is 7.80. The summed E-state index contributed by atoms with van der Waals surface area (Å²) in [6.07, 6.45) is 7.97. The van der Waals surface area contributed by atoms with E-state index in [4.69, 9.17) is 28.1 Å². The smallest absolute Gasteiger partial charge is 0.177 e. The predicted octanol–water partition coefficient (Wildman–Crippen LogP) is 2.36. The molecule has 0 bridgehead atoms. The summed E-state index contributed by atoms with van der Waals surface area (Å²) in [5.41, 5.74) is 15.0. The molecule has 140 valence electrons. The van der Waals surface area contributed by atoms with Crippen LogP contribution < -0.4 is 16.4 Å². The standard InChI is InChI=1S/C18H21ClN8/c19-11-8-22-13(21)7-10(11)15-16-17(26-25-15)24-14(9-23-16)27-5-3-18(4-6-27)2-1-12(18)20/h7-9,12H,1-6,20H2,(H2,21,22)(H,24,25,26). The topological polar surface area (TPSA) is 123 Å². The van der Waals surface area contributed by atoms with Crippen LogP contribution in [0.3, 0.4) is 0 Å². The van der Waals surface area contributed by atoms with Gasteiger partial charge in [0.25, 0.3) is 0 Å². The zero-order valence-corrected chi connectivity index (χ0v) is 15.6. The van der Waals surface area contributed by atoms with Crippen molar-refractivity contribution in [1.82, 2.24) is 25.1 Å². The molecule has 0 amide bonds. The monoisotopic (exact) mass is 384 g/mol. The Morgan fingerprint density at radius 1 is 1.19 bits per heavy atom. The summed E-state index contributed by atoms with van der Waals surface area (Å²) in [5.74, 6) is 1.24. The Kier molecular flexibility index (Phi) is 3.73. The molecule has 27 heavy (non-hydrogen) atoms. The summed E-state index contributed by atoms with van der Waals surface area (Å²) in [6, 6.07) is 2.06. The van der Waals surface area contributed by atoms with E-state index >= 15 is 0 Å². The molecule has 9 heteroatoms. The van der Waals surface area contributed by atoms with Crippen molar-refractivity contribution in [2.24, 2.45) is 11.1 Å². The summed E-state index contributed by atoms with van der Waals surface area (Å²) >= 11 is 6.26. The third-order valence-electron chi connectivity index (χ3n) is 6.21. The number of aromatic nitrogens is 5. The number of nitrogens with zero attached hydrogens (tertiary/aromatic N) is 5. The second-order valence-corrected chi connectivity index (χ2v) is 7.99. The van der Waals surface area contributed by atoms with E-state index < -0.39 is 0 Å². The maximum atomic E-state index is 6.26. The van der Waals surface area contributed by atoms with Gasteiger partial charge in [-0.15, -0.1) is 0 Å². The number of hydrogen-bond acceptors (Lipinski definition) is 7. The molecule has 1 atom stereocenters. The molecule has 1 saturated heterocycles. The number of pyridine rings is 1. The van der Waals surface area contributed by atoms with Crippen LogP contribution in [0.25, 0.3) is 22.4 Å². The van der Waals surface area contributed by atoms with Gasteiger partial charge in [0.2, 0.25) is 0 Å². The Balaban J connectivity index is 1.43. The Hall–Kier alpha value is -2.45. The van der Waals surface area contributed by atoms with Crippen LogP contribution >= 0.6 is 11.6 Å². The van der Waals surface area contributed by atoms with E-state index in [2.05, 4.69) is 25.1 Å². The average molecular weight is 385 g/mol. The number of nitrogens with two attached hydrogens (primary N) is 2. The number of H-pyrrole nitrogens is 1. The van der Waals surface area contributed by atoms with Crippen molar-refractivity contribution in [2.45, 2.75) is 31.7 Å². The summed E-state index contributed by atoms with van der Waals surface area (Å²) in [4.78, 5) is 15.6. The quantitative estimate of drug-likeness (QED) is 0.619. The molecule has 2 aliphatic rings. The molecule has 5 N–H and O–H groups in total. The first kappa shape index (κ1) is 16.7. The molecule has 4 heterocycles. The van der Waals surface area contributed by atoms with Crippen LogP contribution in [0.4, 0.5) is 11.6 Å². The minimum atomic E-state index is 0.354. The van der Waals surface area contributed by atoms with Crippen molar-refractivity contribution in [1.29, 1.82) is 0 Å². The fourth-order valence-electron chi connectivity index (χ4n) is 4.29. The van der Waals surface area contributed by atoms with Gasteiger partial charge in [0, 0.05) is 30.9 Å². The predicted molar refractivity (Wildman–Crippen MR) is 105 cm³/mol. The lowest BCUT2D eigenvalue weighted by atomic mass is 9.60. The maximum absolute atomic E-state index is 6.26. The Bertz CT molecular complexity index is 1010. The summed E-state index contributed by atoms with van der Waals surface area (Å²) < 4.78 is 0. The van der Waals surface area contributed by atoms with E-state index in [-0.39, 0.29) is 0 Å². The first-order valence-electron chi connectivity index (χ1n) is 9.19. The molecule has 3 aromatic heterocycles. The average Bonchev–Trinajstić information content (AvgIpc) is 3.11. The summed E-state index contributed by atoms with van der Waals surface area (Å²) in [7, 11) is 0. The largest absolute Gasteiger partial charge is 0.384 e. The Morgan fingerprint density at radius 3 is 2.70 bits per heavy atom.